The van der Waals surface area contributed by atoms with Crippen LogP contribution in [0.1, 0.15) is 37.5 Å². The van der Waals surface area contributed by atoms with Crippen molar-refractivity contribution in [1.29, 1.82) is 0 Å². The summed E-state index contributed by atoms with van der Waals surface area (Å²) >= 11 is 0. The molecule has 0 fully saturated rings. The molecule has 4 heteroatoms. The van der Waals surface area contributed by atoms with E-state index in [4.69, 9.17) is 4.74 Å². The minimum Gasteiger partial charge on any atom is -0.372 e. The predicted molar refractivity (Wildman–Crippen MR) is 104 cm³/mol. The van der Waals surface area contributed by atoms with Crippen molar-refractivity contribution < 1.29 is 4.74 Å². The van der Waals surface area contributed by atoms with Crippen molar-refractivity contribution in [3.8, 4) is 0 Å². The molecule has 2 aromatic carbocycles. The molecule has 0 bridgehead atoms. The number of ether oxygens (including phenoxy) is 1. The number of benzene rings is 2. The maximum Gasteiger partial charge on any atom is 0.191 e. The van der Waals surface area contributed by atoms with Crippen LogP contribution in [0.25, 0.3) is 0 Å². The van der Waals surface area contributed by atoms with Gasteiger partial charge in [0.05, 0.1) is 13.2 Å². The fraction of sp³-hybridized carbons (Fsp3) is 0.381. The molecule has 2 aromatic rings. The monoisotopic (exact) mass is 339 g/mol. The topological polar surface area (TPSA) is 45.7 Å². The molecule has 0 heterocycles. The smallest absolute Gasteiger partial charge is 0.191 e. The van der Waals surface area contributed by atoms with Gasteiger partial charge in [0.1, 0.15) is 0 Å². The maximum atomic E-state index is 5.89. The van der Waals surface area contributed by atoms with E-state index in [9.17, 15) is 0 Å². The summed E-state index contributed by atoms with van der Waals surface area (Å²) in [5.74, 6) is 0.799. The standard InChI is InChI=1S/C21H29N3O/c1-21(2,3)24-20(22-4)23-14-18-12-8-9-13-19(18)16-25-15-17-10-6-5-7-11-17/h5-13H,14-16H2,1-4H3,(H2,22,23,24). The summed E-state index contributed by atoms with van der Waals surface area (Å²) in [5, 5.41) is 6.74. The molecule has 0 saturated carbocycles. The molecular weight excluding hydrogens is 310 g/mol. The van der Waals surface area contributed by atoms with Crippen molar-refractivity contribution in [2.45, 2.75) is 46.1 Å². The molecule has 0 aliphatic carbocycles. The average molecular weight is 339 g/mol. The number of aliphatic imine (C=N–C) groups is 1. The third kappa shape index (κ3) is 6.98. The third-order valence-electron chi connectivity index (χ3n) is 3.65. The van der Waals surface area contributed by atoms with Crippen LogP contribution in [-0.4, -0.2) is 18.5 Å². The minimum absolute atomic E-state index is 0.0276. The Morgan fingerprint density at radius 1 is 0.920 bits per heavy atom. The van der Waals surface area contributed by atoms with Crippen LogP contribution in [0.4, 0.5) is 0 Å². The minimum atomic E-state index is -0.0276. The lowest BCUT2D eigenvalue weighted by Crippen LogP contribution is -2.47. The molecule has 0 spiro atoms. The van der Waals surface area contributed by atoms with Gasteiger partial charge in [0.2, 0.25) is 0 Å². The summed E-state index contributed by atoms with van der Waals surface area (Å²) in [5.41, 5.74) is 3.57. The molecule has 0 aromatic heterocycles. The molecule has 0 atom stereocenters. The van der Waals surface area contributed by atoms with Gasteiger partial charge in [-0.2, -0.15) is 0 Å². The second-order valence-corrected chi connectivity index (χ2v) is 7.05. The first kappa shape index (κ1) is 19.0. The number of hydrogen-bond donors (Lipinski definition) is 2. The Bertz CT molecular complexity index is 675. The van der Waals surface area contributed by atoms with Crippen LogP contribution < -0.4 is 10.6 Å². The van der Waals surface area contributed by atoms with Crippen LogP contribution in [0.3, 0.4) is 0 Å². The largest absolute Gasteiger partial charge is 0.372 e. The molecule has 25 heavy (non-hydrogen) atoms. The summed E-state index contributed by atoms with van der Waals surface area (Å²) in [4.78, 5) is 4.28. The second kappa shape index (κ2) is 9.23. The van der Waals surface area contributed by atoms with Crippen molar-refractivity contribution in [3.05, 3.63) is 71.3 Å². The van der Waals surface area contributed by atoms with Crippen LogP contribution >= 0.6 is 0 Å². The molecule has 0 radical (unpaired) electrons. The first-order valence-electron chi connectivity index (χ1n) is 8.65. The highest BCUT2D eigenvalue weighted by Gasteiger charge is 2.12. The van der Waals surface area contributed by atoms with Crippen molar-refractivity contribution in [1.82, 2.24) is 10.6 Å². The molecule has 0 unspecified atom stereocenters. The van der Waals surface area contributed by atoms with Gasteiger partial charge < -0.3 is 15.4 Å². The van der Waals surface area contributed by atoms with E-state index >= 15 is 0 Å². The lowest BCUT2D eigenvalue weighted by Gasteiger charge is -2.24. The Labute approximate surface area is 151 Å². The summed E-state index contributed by atoms with van der Waals surface area (Å²) in [7, 11) is 1.79. The van der Waals surface area contributed by atoms with Gasteiger partial charge in [-0.05, 0) is 37.5 Å². The van der Waals surface area contributed by atoms with Crippen LogP contribution in [-0.2, 0) is 24.5 Å². The van der Waals surface area contributed by atoms with Crippen molar-refractivity contribution in [2.75, 3.05) is 7.05 Å². The normalized spacial score (nSPS) is 12.1. The molecule has 0 aliphatic heterocycles. The van der Waals surface area contributed by atoms with Gasteiger partial charge in [-0.25, -0.2) is 0 Å². The van der Waals surface area contributed by atoms with E-state index in [0.29, 0.717) is 19.8 Å². The van der Waals surface area contributed by atoms with Gasteiger partial charge in [-0.15, -0.1) is 0 Å². The molecule has 0 aliphatic rings. The number of hydrogen-bond acceptors (Lipinski definition) is 2. The quantitative estimate of drug-likeness (QED) is 0.620. The maximum absolute atomic E-state index is 5.89. The van der Waals surface area contributed by atoms with E-state index in [2.05, 4.69) is 66.7 Å². The van der Waals surface area contributed by atoms with Gasteiger partial charge in [0.15, 0.2) is 5.96 Å². The summed E-state index contributed by atoms with van der Waals surface area (Å²) in [6, 6.07) is 18.6. The lowest BCUT2D eigenvalue weighted by atomic mass is 10.1. The van der Waals surface area contributed by atoms with Crippen LogP contribution in [0.5, 0.6) is 0 Å². The van der Waals surface area contributed by atoms with E-state index in [1.807, 2.05) is 24.3 Å². The Hall–Kier alpha value is -2.33. The first-order valence-corrected chi connectivity index (χ1v) is 8.65. The van der Waals surface area contributed by atoms with Gasteiger partial charge in [-0.1, -0.05) is 54.6 Å². The highest BCUT2D eigenvalue weighted by molar-refractivity contribution is 5.80. The molecule has 2 rings (SSSR count). The fourth-order valence-corrected chi connectivity index (χ4v) is 2.44. The molecule has 2 N–H and O–H groups in total. The molecule has 134 valence electrons. The van der Waals surface area contributed by atoms with Crippen molar-refractivity contribution >= 4 is 5.96 Å². The summed E-state index contributed by atoms with van der Waals surface area (Å²) in [6.07, 6.45) is 0. The molecule has 0 saturated heterocycles. The number of rotatable bonds is 6. The van der Waals surface area contributed by atoms with Crippen LogP contribution in [0, 0.1) is 0 Å². The van der Waals surface area contributed by atoms with Crippen LogP contribution in [0.2, 0.25) is 0 Å². The Kier molecular flexibility index (Phi) is 7.02. The van der Waals surface area contributed by atoms with E-state index in [1.54, 1.807) is 7.05 Å². The van der Waals surface area contributed by atoms with Crippen LogP contribution in [0.15, 0.2) is 59.6 Å². The highest BCUT2D eigenvalue weighted by Crippen LogP contribution is 2.12. The lowest BCUT2D eigenvalue weighted by molar-refractivity contribution is 0.106. The van der Waals surface area contributed by atoms with Gasteiger partial charge in [-0.3, -0.25) is 4.99 Å². The Morgan fingerprint density at radius 3 is 2.20 bits per heavy atom. The zero-order valence-corrected chi connectivity index (χ0v) is 15.7. The summed E-state index contributed by atoms with van der Waals surface area (Å²) in [6.45, 7) is 8.27. The fourth-order valence-electron chi connectivity index (χ4n) is 2.44. The number of nitrogens with zero attached hydrogens (tertiary/aromatic N) is 1. The summed E-state index contributed by atoms with van der Waals surface area (Å²) < 4.78 is 5.89. The van der Waals surface area contributed by atoms with E-state index in [1.165, 1.54) is 16.7 Å². The third-order valence-corrected chi connectivity index (χ3v) is 3.65. The second-order valence-electron chi connectivity index (χ2n) is 7.05. The van der Waals surface area contributed by atoms with Gasteiger partial charge >= 0.3 is 0 Å². The SMILES string of the molecule is CN=C(NCc1ccccc1COCc1ccccc1)NC(C)(C)C. The first-order chi connectivity index (χ1) is 12.0. The predicted octanol–water partition coefficient (Wildman–Crippen LogP) is 3.87. The van der Waals surface area contributed by atoms with Gasteiger partial charge in [0.25, 0.3) is 0 Å². The number of guanidine groups is 1. The average Bonchev–Trinajstić information content (AvgIpc) is 2.59. The van der Waals surface area contributed by atoms with Crippen molar-refractivity contribution in [3.63, 3.8) is 0 Å². The Balaban J connectivity index is 1.91. The zero-order valence-electron chi connectivity index (χ0n) is 15.7. The van der Waals surface area contributed by atoms with Gasteiger partial charge in [0, 0.05) is 19.1 Å². The van der Waals surface area contributed by atoms with E-state index in [-0.39, 0.29) is 5.54 Å². The Morgan fingerprint density at radius 2 is 1.56 bits per heavy atom. The zero-order chi connectivity index (χ0) is 18.1. The van der Waals surface area contributed by atoms with E-state index < -0.39 is 0 Å². The van der Waals surface area contributed by atoms with Crippen molar-refractivity contribution in [2.24, 2.45) is 4.99 Å². The van der Waals surface area contributed by atoms with E-state index in [0.717, 1.165) is 5.96 Å². The molecule has 4 nitrogen and oxygen atoms in total. The molecular formula is C21H29N3O. The highest BCUT2D eigenvalue weighted by atomic mass is 16.5. The number of nitrogens with one attached hydrogen (secondary N) is 2. The molecule has 0 amide bonds.